The van der Waals surface area contributed by atoms with Gasteiger partial charge in [0.25, 0.3) is 0 Å². The summed E-state index contributed by atoms with van der Waals surface area (Å²) < 4.78 is 17.2. The lowest BCUT2D eigenvalue weighted by Gasteiger charge is -2.34. The van der Waals surface area contributed by atoms with E-state index < -0.39 is 18.1 Å². The molecule has 0 saturated heterocycles. The first-order chi connectivity index (χ1) is 26.1. The number of likely N-dealkylation sites (N-methyl/N-ethyl adjacent to an activating group) is 1. The summed E-state index contributed by atoms with van der Waals surface area (Å²) in [7, 11) is 5.42. The zero-order valence-electron chi connectivity index (χ0n) is 36.4. The van der Waals surface area contributed by atoms with Crippen LogP contribution in [0.1, 0.15) is 226 Å². The Bertz CT molecular complexity index is 858. The number of esters is 2. The van der Waals surface area contributed by atoms with Gasteiger partial charge in [-0.3, -0.25) is 9.59 Å². The Labute approximate surface area is 334 Å². The molecule has 0 spiro atoms. The molecule has 0 amide bonds. The summed E-state index contributed by atoms with van der Waals surface area (Å²) >= 11 is 0. The van der Waals surface area contributed by atoms with E-state index in [1.807, 2.05) is 0 Å². The van der Waals surface area contributed by atoms with Crippen LogP contribution in [0.3, 0.4) is 0 Å². The van der Waals surface area contributed by atoms with Gasteiger partial charge in [0.15, 0.2) is 6.10 Å². The topological polar surface area (TPSA) is 102 Å². The molecule has 0 aromatic heterocycles. The van der Waals surface area contributed by atoms with Crippen molar-refractivity contribution in [3.8, 4) is 0 Å². The smallest absolute Gasteiger partial charge is 0.306 e. The molecule has 0 aliphatic heterocycles. The second-order valence-corrected chi connectivity index (χ2v) is 17.0. The van der Waals surface area contributed by atoms with Gasteiger partial charge in [-0.05, 0) is 12.8 Å². The average molecular weight is 768 g/mol. The Morgan fingerprint density at radius 3 is 1.15 bits per heavy atom. The van der Waals surface area contributed by atoms with E-state index in [1.165, 1.54) is 154 Å². The summed E-state index contributed by atoms with van der Waals surface area (Å²) in [5.74, 6) is -1.71. The zero-order chi connectivity index (χ0) is 40.0. The molecule has 0 aromatic carbocycles. The van der Waals surface area contributed by atoms with Crippen LogP contribution in [-0.2, 0) is 28.6 Å². The van der Waals surface area contributed by atoms with E-state index in [2.05, 4.69) is 13.8 Å². The molecule has 2 atom stereocenters. The first kappa shape index (κ1) is 52.3. The number of hydrogen-bond donors (Lipinski definition) is 0. The van der Waals surface area contributed by atoms with Gasteiger partial charge < -0.3 is 28.6 Å². The molecule has 0 bridgehead atoms. The Morgan fingerprint density at radius 1 is 0.481 bits per heavy atom. The van der Waals surface area contributed by atoms with Crippen LogP contribution in [0.25, 0.3) is 0 Å². The van der Waals surface area contributed by atoms with Crippen molar-refractivity contribution in [3.63, 3.8) is 0 Å². The molecule has 0 saturated carbocycles. The van der Waals surface area contributed by atoms with Gasteiger partial charge in [-0.25, -0.2) is 0 Å². The molecule has 8 nitrogen and oxygen atoms in total. The number of ether oxygens (including phenoxy) is 3. The van der Waals surface area contributed by atoms with Crippen molar-refractivity contribution in [2.24, 2.45) is 0 Å². The highest BCUT2D eigenvalue weighted by molar-refractivity contribution is 5.70. The second kappa shape index (κ2) is 38.2. The van der Waals surface area contributed by atoms with Gasteiger partial charge in [-0.15, -0.1) is 0 Å². The molecule has 0 radical (unpaired) electrons. The molecule has 320 valence electrons. The van der Waals surface area contributed by atoms with E-state index in [0.717, 1.165) is 38.5 Å². The summed E-state index contributed by atoms with van der Waals surface area (Å²) in [4.78, 5) is 36.9. The molecule has 8 heteroatoms. The molecule has 0 aromatic rings. The fourth-order valence-electron chi connectivity index (χ4n) is 7.13. The molecular formula is C46H89NO7. The van der Waals surface area contributed by atoms with Crippen LogP contribution >= 0.6 is 0 Å². The first-order valence-corrected chi connectivity index (χ1v) is 23.1. The Kier molecular flexibility index (Phi) is 37.0. The van der Waals surface area contributed by atoms with Crippen molar-refractivity contribution in [2.75, 3.05) is 41.0 Å². The number of hydrogen-bond acceptors (Lipinski definition) is 7. The van der Waals surface area contributed by atoms with E-state index in [1.54, 1.807) is 21.1 Å². The molecule has 0 rings (SSSR count). The third-order valence-corrected chi connectivity index (χ3v) is 10.7. The van der Waals surface area contributed by atoms with E-state index in [4.69, 9.17) is 14.2 Å². The highest BCUT2D eigenvalue weighted by Gasteiger charge is 2.25. The average Bonchev–Trinajstić information content (AvgIpc) is 3.12. The normalized spacial score (nSPS) is 12.8. The van der Waals surface area contributed by atoms with Crippen molar-refractivity contribution in [1.82, 2.24) is 0 Å². The SMILES string of the molecule is CCCCCCCCCCCCCCCCCCC(=O)OC(COCCC(C(=O)[O-])[N+](C)(C)C)COC(=O)CCCCCCCCCCCCCCCC. The molecule has 0 fully saturated rings. The van der Waals surface area contributed by atoms with Crippen LogP contribution < -0.4 is 5.11 Å². The summed E-state index contributed by atoms with van der Waals surface area (Å²) in [6.45, 7) is 4.70. The number of aliphatic carboxylic acids is 1. The summed E-state index contributed by atoms with van der Waals surface area (Å²) in [5.41, 5.74) is 0. The number of carbonyl (C=O) groups excluding carboxylic acids is 3. The van der Waals surface area contributed by atoms with Crippen LogP contribution in [0.15, 0.2) is 0 Å². The third kappa shape index (κ3) is 36.0. The second-order valence-electron chi connectivity index (χ2n) is 17.0. The Balaban J connectivity index is 4.27. The van der Waals surface area contributed by atoms with Gasteiger partial charge >= 0.3 is 11.9 Å². The lowest BCUT2D eigenvalue weighted by molar-refractivity contribution is -0.889. The molecule has 54 heavy (non-hydrogen) atoms. The zero-order valence-corrected chi connectivity index (χ0v) is 36.4. The number of carboxylic acid groups (broad SMARTS) is 1. The molecule has 0 aliphatic rings. The Hall–Kier alpha value is -1.67. The number of rotatable bonds is 42. The quantitative estimate of drug-likeness (QED) is 0.0346. The summed E-state index contributed by atoms with van der Waals surface area (Å²) in [5, 5.41) is 11.6. The van der Waals surface area contributed by atoms with E-state index >= 15 is 0 Å². The van der Waals surface area contributed by atoms with E-state index in [9.17, 15) is 19.5 Å². The van der Waals surface area contributed by atoms with Crippen molar-refractivity contribution in [2.45, 2.75) is 238 Å². The maximum absolute atomic E-state index is 12.7. The van der Waals surface area contributed by atoms with Crippen LogP contribution in [0, 0.1) is 0 Å². The highest BCUT2D eigenvalue weighted by atomic mass is 16.6. The molecule has 0 aliphatic carbocycles. The predicted molar refractivity (Wildman–Crippen MR) is 222 cm³/mol. The molecular weight excluding hydrogens is 679 g/mol. The number of carbonyl (C=O) groups is 3. The number of quaternary nitrogens is 1. The lowest BCUT2D eigenvalue weighted by Crippen LogP contribution is -2.55. The number of carboxylic acids is 1. The minimum atomic E-state index is -1.12. The van der Waals surface area contributed by atoms with E-state index in [-0.39, 0.29) is 42.7 Å². The van der Waals surface area contributed by atoms with Crippen molar-refractivity contribution in [1.29, 1.82) is 0 Å². The van der Waals surface area contributed by atoms with Gasteiger partial charge in [0.1, 0.15) is 12.6 Å². The van der Waals surface area contributed by atoms with Crippen molar-refractivity contribution >= 4 is 17.9 Å². The van der Waals surface area contributed by atoms with Gasteiger partial charge in [-0.2, -0.15) is 0 Å². The standard InChI is InChI=1S/C46H89NO7/c1-6-8-10-12-14-16-18-20-22-23-25-27-29-31-33-35-37-45(49)54-42(40-52-39-38-43(46(50)51)47(3,4)5)41-53-44(48)36-34-32-30-28-26-24-21-19-17-15-13-11-9-7-2/h42-43H,6-41H2,1-5H3. The molecule has 0 N–H and O–H groups in total. The van der Waals surface area contributed by atoms with Crippen LogP contribution in [0.2, 0.25) is 0 Å². The Morgan fingerprint density at radius 2 is 0.815 bits per heavy atom. The maximum Gasteiger partial charge on any atom is 0.306 e. The van der Waals surface area contributed by atoms with Crippen molar-refractivity contribution in [3.05, 3.63) is 0 Å². The van der Waals surface area contributed by atoms with Crippen molar-refractivity contribution < 1.29 is 38.2 Å². The molecule has 0 heterocycles. The van der Waals surface area contributed by atoms with Crippen LogP contribution in [0.4, 0.5) is 0 Å². The van der Waals surface area contributed by atoms with E-state index in [0.29, 0.717) is 12.8 Å². The minimum Gasteiger partial charge on any atom is -0.544 e. The maximum atomic E-state index is 12.7. The van der Waals surface area contributed by atoms with Gasteiger partial charge in [0.2, 0.25) is 0 Å². The lowest BCUT2D eigenvalue weighted by atomic mass is 10.0. The molecule has 2 unspecified atom stereocenters. The fourth-order valence-corrected chi connectivity index (χ4v) is 7.13. The van der Waals surface area contributed by atoms with Gasteiger partial charge in [-0.1, -0.05) is 194 Å². The predicted octanol–water partition coefficient (Wildman–Crippen LogP) is 11.2. The van der Waals surface area contributed by atoms with Crippen LogP contribution in [0.5, 0.6) is 0 Å². The first-order valence-electron chi connectivity index (χ1n) is 23.1. The van der Waals surface area contributed by atoms with Crippen LogP contribution in [-0.4, -0.2) is 75.5 Å². The third-order valence-electron chi connectivity index (χ3n) is 10.7. The summed E-state index contributed by atoms with van der Waals surface area (Å²) in [6, 6.07) is -0.719. The monoisotopic (exact) mass is 768 g/mol. The minimum absolute atomic E-state index is 0.0494. The van der Waals surface area contributed by atoms with Gasteiger partial charge in [0, 0.05) is 19.3 Å². The fraction of sp³-hybridized carbons (Fsp3) is 0.935. The largest absolute Gasteiger partial charge is 0.544 e. The summed E-state index contributed by atoms with van der Waals surface area (Å²) in [6.07, 6.45) is 38.3. The highest BCUT2D eigenvalue weighted by Crippen LogP contribution is 2.16. The number of unbranched alkanes of at least 4 members (excludes halogenated alkanes) is 28. The van der Waals surface area contributed by atoms with Gasteiger partial charge in [0.05, 0.1) is 40.3 Å². The number of nitrogens with zero attached hydrogens (tertiary/aromatic N) is 1.